The molecule has 6 heteroatoms. The van der Waals surface area contributed by atoms with Crippen LogP contribution in [0.1, 0.15) is 31.3 Å². The van der Waals surface area contributed by atoms with Crippen molar-refractivity contribution in [2.75, 3.05) is 13.2 Å². The number of halogens is 2. The van der Waals surface area contributed by atoms with Gasteiger partial charge in [-0.1, -0.05) is 23.2 Å². The van der Waals surface area contributed by atoms with Gasteiger partial charge in [0.2, 0.25) is 0 Å². The standard InChI is InChI=1S/C12H16Cl2N2O2/c1-4-18-12(2,3)7-15-11(17)10-8(13)5-6-9(14)16-10/h5-6H,4,7H2,1-3H3,(H,15,17). The normalized spacial score (nSPS) is 11.4. The second kappa shape index (κ2) is 6.36. The number of rotatable bonds is 5. The van der Waals surface area contributed by atoms with Crippen LogP contribution in [0, 0.1) is 0 Å². The third kappa shape index (κ3) is 4.44. The van der Waals surface area contributed by atoms with Crippen LogP contribution in [0.4, 0.5) is 0 Å². The number of nitrogens with zero attached hydrogens (tertiary/aromatic N) is 1. The van der Waals surface area contributed by atoms with Gasteiger partial charge in [0.15, 0.2) is 0 Å². The Morgan fingerprint density at radius 2 is 2.11 bits per heavy atom. The average Bonchev–Trinajstić information content (AvgIpc) is 2.29. The highest BCUT2D eigenvalue weighted by molar-refractivity contribution is 6.34. The maximum Gasteiger partial charge on any atom is 0.271 e. The minimum atomic E-state index is -0.435. The van der Waals surface area contributed by atoms with Crippen LogP contribution in [0.25, 0.3) is 0 Å². The first-order valence-electron chi connectivity index (χ1n) is 5.60. The summed E-state index contributed by atoms with van der Waals surface area (Å²) in [6.07, 6.45) is 0. The van der Waals surface area contributed by atoms with Crippen molar-refractivity contribution in [1.29, 1.82) is 0 Å². The highest BCUT2D eigenvalue weighted by Gasteiger charge is 2.20. The SMILES string of the molecule is CCOC(C)(C)CNC(=O)c1nc(Cl)ccc1Cl. The Kier molecular flexibility index (Phi) is 5.38. The smallest absolute Gasteiger partial charge is 0.271 e. The molecule has 0 atom stereocenters. The zero-order valence-corrected chi connectivity index (χ0v) is 12.1. The lowest BCUT2D eigenvalue weighted by Gasteiger charge is -2.24. The number of amides is 1. The number of aromatic nitrogens is 1. The summed E-state index contributed by atoms with van der Waals surface area (Å²) < 4.78 is 5.48. The fourth-order valence-electron chi connectivity index (χ4n) is 1.40. The Bertz CT molecular complexity index is 436. The third-order valence-electron chi connectivity index (χ3n) is 2.24. The van der Waals surface area contributed by atoms with Crippen molar-refractivity contribution >= 4 is 29.1 Å². The summed E-state index contributed by atoms with van der Waals surface area (Å²) in [6, 6.07) is 3.07. The maximum atomic E-state index is 11.9. The van der Waals surface area contributed by atoms with E-state index in [1.54, 1.807) is 6.07 Å². The molecule has 0 saturated heterocycles. The molecule has 1 N–H and O–H groups in total. The summed E-state index contributed by atoms with van der Waals surface area (Å²) in [5.74, 6) is -0.365. The Labute approximate surface area is 117 Å². The summed E-state index contributed by atoms with van der Waals surface area (Å²) >= 11 is 11.6. The Morgan fingerprint density at radius 1 is 1.44 bits per heavy atom. The Morgan fingerprint density at radius 3 is 2.72 bits per heavy atom. The van der Waals surface area contributed by atoms with E-state index < -0.39 is 5.60 Å². The van der Waals surface area contributed by atoms with E-state index in [1.807, 2.05) is 20.8 Å². The van der Waals surface area contributed by atoms with E-state index in [1.165, 1.54) is 6.07 Å². The molecule has 1 aromatic heterocycles. The molecule has 0 aliphatic carbocycles. The molecule has 0 saturated carbocycles. The van der Waals surface area contributed by atoms with E-state index in [9.17, 15) is 4.79 Å². The summed E-state index contributed by atoms with van der Waals surface area (Å²) in [7, 11) is 0. The molecule has 0 aromatic carbocycles. The van der Waals surface area contributed by atoms with Crippen LogP contribution in [-0.2, 0) is 4.74 Å². The number of ether oxygens (including phenoxy) is 1. The van der Waals surface area contributed by atoms with E-state index in [0.717, 1.165) is 0 Å². The van der Waals surface area contributed by atoms with E-state index >= 15 is 0 Å². The van der Waals surface area contributed by atoms with Crippen molar-refractivity contribution in [3.05, 3.63) is 28.0 Å². The molecule has 0 fully saturated rings. The van der Waals surface area contributed by atoms with Gasteiger partial charge in [-0.05, 0) is 32.9 Å². The van der Waals surface area contributed by atoms with Crippen LogP contribution in [-0.4, -0.2) is 29.6 Å². The molecule has 0 aliphatic rings. The third-order valence-corrected chi connectivity index (χ3v) is 2.75. The quantitative estimate of drug-likeness (QED) is 0.849. The highest BCUT2D eigenvalue weighted by Crippen LogP contribution is 2.17. The maximum absolute atomic E-state index is 11.9. The summed E-state index contributed by atoms with van der Waals surface area (Å²) in [5.41, 5.74) is -0.313. The number of carbonyl (C=O) groups excluding carboxylic acids is 1. The molecule has 0 radical (unpaired) electrons. The minimum absolute atomic E-state index is 0.122. The zero-order chi connectivity index (χ0) is 13.8. The molecule has 0 aliphatic heterocycles. The fraction of sp³-hybridized carbons (Fsp3) is 0.500. The minimum Gasteiger partial charge on any atom is -0.374 e. The molecule has 0 unspecified atom stereocenters. The predicted octanol–water partition coefficient (Wildman–Crippen LogP) is 2.93. The molecular formula is C12H16Cl2N2O2. The van der Waals surface area contributed by atoms with Crippen molar-refractivity contribution < 1.29 is 9.53 Å². The van der Waals surface area contributed by atoms with Crippen molar-refractivity contribution in [3.63, 3.8) is 0 Å². The number of carbonyl (C=O) groups is 1. The number of hydrogen-bond acceptors (Lipinski definition) is 3. The fourth-order valence-corrected chi connectivity index (χ4v) is 1.73. The molecule has 1 rings (SSSR count). The molecule has 4 nitrogen and oxygen atoms in total. The predicted molar refractivity (Wildman–Crippen MR) is 72.3 cm³/mol. The number of hydrogen-bond donors (Lipinski definition) is 1. The molecule has 1 aromatic rings. The van der Waals surface area contributed by atoms with Gasteiger partial charge in [0, 0.05) is 13.2 Å². The second-order valence-corrected chi connectivity index (χ2v) is 5.13. The van der Waals surface area contributed by atoms with E-state index in [0.29, 0.717) is 13.2 Å². The number of nitrogens with one attached hydrogen (secondary N) is 1. The van der Waals surface area contributed by atoms with Gasteiger partial charge < -0.3 is 10.1 Å². The summed E-state index contributed by atoms with van der Waals surface area (Å²) in [4.78, 5) is 15.8. The van der Waals surface area contributed by atoms with Gasteiger partial charge in [0.25, 0.3) is 5.91 Å². The molecule has 18 heavy (non-hydrogen) atoms. The van der Waals surface area contributed by atoms with Crippen LogP contribution < -0.4 is 5.32 Å². The summed E-state index contributed by atoms with van der Waals surface area (Å²) in [6.45, 7) is 6.63. The monoisotopic (exact) mass is 290 g/mol. The molecular weight excluding hydrogens is 275 g/mol. The molecule has 100 valence electrons. The Hall–Kier alpha value is -0.840. The number of pyridine rings is 1. The van der Waals surface area contributed by atoms with Crippen LogP contribution in [0.5, 0.6) is 0 Å². The van der Waals surface area contributed by atoms with Crippen molar-refractivity contribution in [2.45, 2.75) is 26.4 Å². The highest BCUT2D eigenvalue weighted by atomic mass is 35.5. The lowest BCUT2D eigenvalue weighted by atomic mass is 10.1. The van der Waals surface area contributed by atoms with Crippen LogP contribution in [0.2, 0.25) is 10.2 Å². The lowest BCUT2D eigenvalue weighted by molar-refractivity contribution is -0.00818. The second-order valence-electron chi connectivity index (χ2n) is 4.34. The van der Waals surface area contributed by atoms with Gasteiger partial charge >= 0.3 is 0 Å². The van der Waals surface area contributed by atoms with Gasteiger partial charge in [-0.2, -0.15) is 0 Å². The Balaban J connectivity index is 2.69. The van der Waals surface area contributed by atoms with Gasteiger partial charge in [-0.3, -0.25) is 4.79 Å². The lowest BCUT2D eigenvalue weighted by Crippen LogP contribution is -2.40. The van der Waals surface area contributed by atoms with Gasteiger partial charge in [-0.15, -0.1) is 0 Å². The van der Waals surface area contributed by atoms with Crippen LogP contribution in [0.3, 0.4) is 0 Å². The zero-order valence-electron chi connectivity index (χ0n) is 10.6. The van der Waals surface area contributed by atoms with Crippen LogP contribution >= 0.6 is 23.2 Å². The van der Waals surface area contributed by atoms with E-state index in [2.05, 4.69) is 10.3 Å². The first-order chi connectivity index (χ1) is 8.35. The first kappa shape index (κ1) is 15.2. The first-order valence-corrected chi connectivity index (χ1v) is 6.35. The van der Waals surface area contributed by atoms with Crippen molar-refractivity contribution in [3.8, 4) is 0 Å². The molecule has 1 heterocycles. The molecule has 0 spiro atoms. The average molecular weight is 291 g/mol. The largest absolute Gasteiger partial charge is 0.374 e. The van der Waals surface area contributed by atoms with Gasteiger partial charge in [0.05, 0.1) is 10.6 Å². The van der Waals surface area contributed by atoms with Gasteiger partial charge in [0.1, 0.15) is 10.8 Å². The molecule has 0 bridgehead atoms. The van der Waals surface area contributed by atoms with E-state index in [4.69, 9.17) is 27.9 Å². The molecule has 1 amide bonds. The van der Waals surface area contributed by atoms with Crippen molar-refractivity contribution in [1.82, 2.24) is 10.3 Å². The van der Waals surface area contributed by atoms with Crippen molar-refractivity contribution in [2.24, 2.45) is 0 Å². The van der Waals surface area contributed by atoms with Gasteiger partial charge in [-0.25, -0.2) is 4.98 Å². The van der Waals surface area contributed by atoms with Crippen LogP contribution in [0.15, 0.2) is 12.1 Å². The topological polar surface area (TPSA) is 51.2 Å². The summed E-state index contributed by atoms with van der Waals surface area (Å²) in [5, 5.41) is 3.22. The van der Waals surface area contributed by atoms with E-state index in [-0.39, 0.29) is 21.8 Å².